The van der Waals surface area contributed by atoms with E-state index in [1.807, 2.05) is 7.05 Å². The standard InChI is InChI=1S/C15H31N3O/c1-13(2)12-19-11-5-8-17-15(16-4)18-9-6-14(3)7-10-18/h13-14H,5-12H2,1-4H3,(H,16,17). The molecule has 0 unspecified atom stereocenters. The van der Waals surface area contributed by atoms with Crippen molar-refractivity contribution in [2.24, 2.45) is 16.8 Å². The molecule has 0 aliphatic carbocycles. The fourth-order valence-electron chi connectivity index (χ4n) is 2.25. The molecule has 1 aliphatic heterocycles. The zero-order valence-corrected chi connectivity index (χ0v) is 13.1. The van der Waals surface area contributed by atoms with Crippen molar-refractivity contribution in [1.82, 2.24) is 10.2 Å². The molecule has 0 bridgehead atoms. The summed E-state index contributed by atoms with van der Waals surface area (Å²) in [7, 11) is 1.87. The van der Waals surface area contributed by atoms with Crippen LogP contribution < -0.4 is 5.32 Å². The minimum absolute atomic E-state index is 0.621. The summed E-state index contributed by atoms with van der Waals surface area (Å²) in [5, 5.41) is 3.44. The smallest absolute Gasteiger partial charge is 0.193 e. The Morgan fingerprint density at radius 2 is 2.05 bits per heavy atom. The van der Waals surface area contributed by atoms with Gasteiger partial charge in [-0.05, 0) is 31.1 Å². The summed E-state index contributed by atoms with van der Waals surface area (Å²) in [5.41, 5.74) is 0. The molecule has 1 N–H and O–H groups in total. The summed E-state index contributed by atoms with van der Waals surface area (Å²) in [6, 6.07) is 0. The van der Waals surface area contributed by atoms with Crippen LogP contribution in [0.1, 0.15) is 40.0 Å². The topological polar surface area (TPSA) is 36.9 Å². The molecular formula is C15H31N3O. The quantitative estimate of drug-likeness (QED) is 0.457. The van der Waals surface area contributed by atoms with Gasteiger partial charge in [-0.25, -0.2) is 0 Å². The highest BCUT2D eigenvalue weighted by Gasteiger charge is 2.17. The molecule has 0 aromatic heterocycles. The average Bonchev–Trinajstić information content (AvgIpc) is 2.39. The number of likely N-dealkylation sites (tertiary alicyclic amines) is 1. The van der Waals surface area contributed by atoms with Crippen molar-refractivity contribution < 1.29 is 4.74 Å². The highest BCUT2D eigenvalue weighted by atomic mass is 16.5. The van der Waals surface area contributed by atoms with E-state index in [1.54, 1.807) is 0 Å². The highest BCUT2D eigenvalue weighted by Crippen LogP contribution is 2.15. The monoisotopic (exact) mass is 269 g/mol. The second-order valence-corrected chi connectivity index (χ2v) is 5.97. The van der Waals surface area contributed by atoms with Crippen molar-refractivity contribution in [1.29, 1.82) is 0 Å². The number of rotatable bonds is 6. The molecule has 1 fully saturated rings. The van der Waals surface area contributed by atoms with Crippen LogP contribution in [0.25, 0.3) is 0 Å². The SMILES string of the molecule is CN=C(NCCCOCC(C)C)N1CCC(C)CC1. The fourth-order valence-corrected chi connectivity index (χ4v) is 2.25. The van der Waals surface area contributed by atoms with E-state index >= 15 is 0 Å². The van der Waals surface area contributed by atoms with Crippen LogP contribution in [0.5, 0.6) is 0 Å². The molecule has 1 heterocycles. The van der Waals surface area contributed by atoms with Crippen molar-refractivity contribution >= 4 is 5.96 Å². The zero-order chi connectivity index (χ0) is 14.1. The van der Waals surface area contributed by atoms with Crippen LogP contribution in [0.15, 0.2) is 4.99 Å². The Kier molecular flexibility index (Phi) is 7.87. The van der Waals surface area contributed by atoms with Crippen LogP contribution in [0.2, 0.25) is 0 Å². The molecule has 4 heteroatoms. The first kappa shape index (κ1) is 16.3. The maximum atomic E-state index is 5.58. The number of guanidine groups is 1. The first-order valence-electron chi connectivity index (χ1n) is 7.66. The fraction of sp³-hybridized carbons (Fsp3) is 0.933. The minimum atomic E-state index is 0.621. The van der Waals surface area contributed by atoms with Gasteiger partial charge in [0.05, 0.1) is 0 Å². The van der Waals surface area contributed by atoms with Crippen molar-refractivity contribution in [3.05, 3.63) is 0 Å². The van der Waals surface area contributed by atoms with Crippen LogP contribution in [0.3, 0.4) is 0 Å². The van der Waals surface area contributed by atoms with E-state index in [-0.39, 0.29) is 0 Å². The molecule has 0 aromatic carbocycles. The molecule has 0 spiro atoms. The summed E-state index contributed by atoms with van der Waals surface area (Å²) in [5.74, 6) is 2.53. The van der Waals surface area contributed by atoms with Crippen LogP contribution >= 0.6 is 0 Å². The molecule has 112 valence electrons. The second-order valence-electron chi connectivity index (χ2n) is 5.97. The van der Waals surface area contributed by atoms with Gasteiger partial charge in [-0.3, -0.25) is 4.99 Å². The largest absolute Gasteiger partial charge is 0.381 e. The molecule has 0 saturated carbocycles. The van der Waals surface area contributed by atoms with Gasteiger partial charge in [-0.15, -0.1) is 0 Å². The lowest BCUT2D eigenvalue weighted by Gasteiger charge is -2.32. The third-order valence-corrected chi connectivity index (χ3v) is 3.49. The molecular weight excluding hydrogens is 238 g/mol. The van der Waals surface area contributed by atoms with Crippen LogP contribution in [0.4, 0.5) is 0 Å². The Balaban J connectivity index is 2.12. The first-order valence-corrected chi connectivity index (χ1v) is 7.66. The lowest BCUT2D eigenvalue weighted by molar-refractivity contribution is 0.108. The number of aliphatic imine (C=N–C) groups is 1. The molecule has 0 radical (unpaired) electrons. The number of nitrogens with zero attached hydrogens (tertiary/aromatic N) is 2. The molecule has 0 atom stereocenters. The predicted molar refractivity (Wildman–Crippen MR) is 81.6 cm³/mol. The number of hydrogen-bond donors (Lipinski definition) is 1. The Morgan fingerprint density at radius 3 is 2.63 bits per heavy atom. The minimum Gasteiger partial charge on any atom is -0.381 e. The van der Waals surface area contributed by atoms with Crippen LogP contribution in [-0.2, 0) is 4.74 Å². The maximum absolute atomic E-state index is 5.58. The van der Waals surface area contributed by atoms with Gasteiger partial charge < -0.3 is 15.0 Å². The van der Waals surface area contributed by atoms with E-state index in [0.29, 0.717) is 5.92 Å². The number of piperidine rings is 1. The normalized spacial score (nSPS) is 18.2. The third-order valence-electron chi connectivity index (χ3n) is 3.49. The van der Waals surface area contributed by atoms with Gasteiger partial charge in [0.2, 0.25) is 0 Å². The Hall–Kier alpha value is -0.770. The summed E-state index contributed by atoms with van der Waals surface area (Å²) in [6.45, 7) is 11.6. The van der Waals surface area contributed by atoms with Gasteiger partial charge in [0, 0.05) is 39.9 Å². The lowest BCUT2D eigenvalue weighted by Crippen LogP contribution is -2.45. The summed E-state index contributed by atoms with van der Waals surface area (Å²) < 4.78 is 5.58. The van der Waals surface area contributed by atoms with Crippen molar-refractivity contribution in [3.63, 3.8) is 0 Å². The van der Waals surface area contributed by atoms with Gasteiger partial charge in [-0.2, -0.15) is 0 Å². The van der Waals surface area contributed by atoms with E-state index in [1.165, 1.54) is 12.8 Å². The van der Waals surface area contributed by atoms with Gasteiger partial charge >= 0.3 is 0 Å². The lowest BCUT2D eigenvalue weighted by atomic mass is 10.00. The number of ether oxygens (including phenoxy) is 1. The molecule has 1 rings (SSSR count). The third kappa shape index (κ3) is 6.81. The van der Waals surface area contributed by atoms with Gasteiger partial charge in [0.15, 0.2) is 5.96 Å². The first-order chi connectivity index (χ1) is 9.13. The molecule has 1 aliphatic rings. The molecule has 19 heavy (non-hydrogen) atoms. The van der Waals surface area contributed by atoms with Crippen molar-refractivity contribution in [3.8, 4) is 0 Å². The zero-order valence-electron chi connectivity index (χ0n) is 13.1. The Labute approximate surface area is 118 Å². The van der Waals surface area contributed by atoms with Gasteiger partial charge in [0.1, 0.15) is 0 Å². The van der Waals surface area contributed by atoms with Gasteiger partial charge in [0.25, 0.3) is 0 Å². The average molecular weight is 269 g/mol. The van der Waals surface area contributed by atoms with Crippen LogP contribution in [0, 0.1) is 11.8 Å². The summed E-state index contributed by atoms with van der Waals surface area (Å²) in [6.07, 6.45) is 3.59. The van der Waals surface area contributed by atoms with E-state index < -0.39 is 0 Å². The predicted octanol–water partition coefficient (Wildman–Crippen LogP) is 2.36. The van der Waals surface area contributed by atoms with Crippen LogP contribution in [-0.4, -0.2) is 50.8 Å². The van der Waals surface area contributed by atoms with E-state index in [4.69, 9.17) is 4.74 Å². The maximum Gasteiger partial charge on any atom is 0.193 e. The number of nitrogens with one attached hydrogen (secondary N) is 1. The molecule has 0 amide bonds. The highest BCUT2D eigenvalue weighted by molar-refractivity contribution is 5.79. The summed E-state index contributed by atoms with van der Waals surface area (Å²) >= 11 is 0. The second kappa shape index (κ2) is 9.18. The Bertz CT molecular complexity index is 258. The van der Waals surface area contributed by atoms with E-state index in [0.717, 1.165) is 51.1 Å². The Morgan fingerprint density at radius 1 is 1.37 bits per heavy atom. The van der Waals surface area contributed by atoms with Crippen molar-refractivity contribution in [2.45, 2.75) is 40.0 Å². The number of hydrogen-bond acceptors (Lipinski definition) is 2. The molecule has 0 aromatic rings. The van der Waals surface area contributed by atoms with E-state index in [2.05, 4.69) is 36.0 Å². The molecule has 4 nitrogen and oxygen atoms in total. The van der Waals surface area contributed by atoms with E-state index in [9.17, 15) is 0 Å². The van der Waals surface area contributed by atoms with Gasteiger partial charge in [-0.1, -0.05) is 20.8 Å². The molecule has 1 saturated heterocycles. The summed E-state index contributed by atoms with van der Waals surface area (Å²) in [4.78, 5) is 6.74. The van der Waals surface area contributed by atoms with Crippen molar-refractivity contribution in [2.75, 3.05) is 39.9 Å².